The fraction of sp³-hybridized carbons (Fsp3) is 0.442. The van der Waals surface area contributed by atoms with Gasteiger partial charge in [-0.3, -0.25) is 5.10 Å². The van der Waals surface area contributed by atoms with E-state index in [9.17, 15) is 14.4 Å². The van der Waals surface area contributed by atoms with Crippen molar-refractivity contribution in [3.8, 4) is 16.9 Å². The van der Waals surface area contributed by atoms with Crippen molar-refractivity contribution in [1.82, 2.24) is 19.7 Å². The summed E-state index contributed by atoms with van der Waals surface area (Å²) in [5.41, 5.74) is 2.09. The molecule has 0 unspecified atom stereocenters. The second-order valence-electron chi connectivity index (χ2n) is 15.6. The number of carbonyl (C=O) groups excluding carboxylic acids is 3. The van der Waals surface area contributed by atoms with Crippen molar-refractivity contribution in [2.45, 2.75) is 104 Å². The van der Waals surface area contributed by atoms with Crippen LogP contribution in [0, 0.1) is 12.7 Å². The Kier molecular flexibility index (Phi) is 13.5. The highest BCUT2D eigenvalue weighted by Crippen LogP contribution is 2.40. The molecule has 1 N–H and O–H groups in total. The molecule has 0 radical (unpaired) electrons. The standard InChI is InChI=1S/C43H52BrFN4O7/c1-9-53-39(50)38-30(19-15-25-54-34-20-14-17-28-16-10-11-18-29(28)34)31-21-22-32(45)36(35-27(2)46-47-33(35)26-44)37(31)48(38)23-12-13-24-49(40(51)55-42(3,4)5)41(52)56-43(6,7)8/h10-11,14,16-18,20-22H,9,12-13,15,19,23-26H2,1-8H3,(H,46,47). The fourth-order valence-electron chi connectivity index (χ4n) is 6.73. The van der Waals surface area contributed by atoms with Crippen LogP contribution in [0.2, 0.25) is 0 Å². The van der Waals surface area contributed by atoms with Gasteiger partial charge in [0.1, 0.15) is 28.5 Å². The Bertz CT molecular complexity index is 2160. The molecule has 13 heteroatoms. The Morgan fingerprint density at radius 2 is 1.55 bits per heavy atom. The van der Waals surface area contributed by atoms with E-state index in [1.54, 1.807) is 54.5 Å². The average Bonchev–Trinajstić information content (AvgIpc) is 3.65. The van der Waals surface area contributed by atoms with Gasteiger partial charge in [0.25, 0.3) is 0 Å². The highest BCUT2D eigenvalue weighted by Gasteiger charge is 2.32. The summed E-state index contributed by atoms with van der Waals surface area (Å²) in [5.74, 6) is -0.232. The third kappa shape index (κ3) is 9.90. The monoisotopic (exact) mass is 834 g/mol. The molecule has 2 aromatic heterocycles. The van der Waals surface area contributed by atoms with Gasteiger partial charge in [0.15, 0.2) is 0 Å². The van der Waals surface area contributed by atoms with Crippen LogP contribution < -0.4 is 4.74 Å². The number of imide groups is 1. The van der Waals surface area contributed by atoms with E-state index in [1.165, 1.54) is 6.07 Å². The number of esters is 1. The van der Waals surface area contributed by atoms with Crippen molar-refractivity contribution in [2.75, 3.05) is 19.8 Å². The zero-order chi connectivity index (χ0) is 40.8. The van der Waals surface area contributed by atoms with E-state index in [2.05, 4.69) is 26.1 Å². The summed E-state index contributed by atoms with van der Waals surface area (Å²) in [6.45, 7) is 14.6. The molecule has 300 valence electrons. The number of fused-ring (bicyclic) bond motifs is 2. The zero-order valence-electron chi connectivity index (χ0n) is 33.5. The number of nitrogens with zero attached hydrogens (tertiary/aromatic N) is 3. The molecule has 3 aromatic carbocycles. The van der Waals surface area contributed by atoms with Crippen LogP contribution >= 0.6 is 15.9 Å². The lowest BCUT2D eigenvalue weighted by Crippen LogP contribution is -2.44. The third-order valence-corrected chi connectivity index (χ3v) is 9.50. The van der Waals surface area contributed by atoms with Gasteiger partial charge in [0, 0.05) is 46.0 Å². The summed E-state index contributed by atoms with van der Waals surface area (Å²) in [6, 6.07) is 17.1. The number of hydrogen-bond acceptors (Lipinski definition) is 8. The molecule has 0 aliphatic heterocycles. The Labute approximate surface area is 335 Å². The van der Waals surface area contributed by atoms with Gasteiger partial charge in [-0.1, -0.05) is 52.3 Å². The number of H-pyrrole nitrogens is 1. The molecule has 0 saturated heterocycles. The van der Waals surface area contributed by atoms with Gasteiger partial charge in [0.05, 0.1) is 24.4 Å². The molecule has 0 aliphatic carbocycles. The van der Waals surface area contributed by atoms with Gasteiger partial charge >= 0.3 is 18.2 Å². The molecule has 0 saturated carbocycles. The predicted molar refractivity (Wildman–Crippen MR) is 219 cm³/mol. The normalized spacial score (nSPS) is 11.9. The van der Waals surface area contributed by atoms with Crippen molar-refractivity contribution >= 4 is 55.8 Å². The van der Waals surface area contributed by atoms with Crippen LogP contribution in [-0.4, -0.2) is 68.8 Å². The Hall–Kier alpha value is -4.91. The highest BCUT2D eigenvalue weighted by molar-refractivity contribution is 9.08. The topological polar surface area (TPSA) is 125 Å². The lowest BCUT2D eigenvalue weighted by Gasteiger charge is -2.28. The van der Waals surface area contributed by atoms with E-state index in [0.29, 0.717) is 82.3 Å². The van der Waals surface area contributed by atoms with Crippen LogP contribution in [0.4, 0.5) is 14.0 Å². The number of benzene rings is 3. The summed E-state index contributed by atoms with van der Waals surface area (Å²) in [5, 5.41) is 10.6. The quantitative estimate of drug-likeness (QED) is 0.0507. The van der Waals surface area contributed by atoms with Crippen LogP contribution in [0.3, 0.4) is 0 Å². The van der Waals surface area contributed by atoms with Crippen LogP contribution in [0.5, 0.6) is 5.75 Å². The number of aromatic amines is 1. The molecular formula is C43H52BrFN4O7. The number of halogens is 2. The third-order valence-electron chi connectivity index (χ3n) is 8.96. The average molecular weight is 836 g/mol. The van der Waals surface area contributed by atoms with Gasteiger partial charge in [-0.05, 0) is 110 Å². The summed E-state index contributed by atoms with van der Waals surface area (Å²) in [4.78, 5) is 41.4. The minimum atomic E-state index is -0.841. The van der Waals surface area contributed by atoms with Gasteiger partial charge < -0.3 is 23.5 Å². The number of nitrogens with one attached hydrogen (secondary N) is 1. The van der Waals surface area contributed by atoms with Crippen molar-refractivity contribution < 1.29 is 37.7 Å². The number of aromatic nitrogens is 3. The summed E-state index contributed by atoms with van der Waals surface area (Å²) >= 11 is 3.51. The largest absolute Gasteiger partial charge is 0.493 e. The number of aryl methyl sites for hydroxylation is 3. The van der Waals surface area contributed by atoms with Crippen molar-refractivity contribution in [2.24, 2.45) is 0 Å². The van der Waals surface area contributed by atoms with Gasteiger partial charge in [-0.25, -0.2) is 23.7 Å². The molecular weight excluding hydrogens is 783 g/mol. The number of ether oxygens (including phenoxy) is 4. The number of carbonyl (C=O) groups is 3. The van der Waals surface area contributed by atoms with Gasteiger partial charge in [-0.2, -0.15) is 5.10 Å². The molecule has 0 spiro atoms. The van der Waals surface area contributed by atoms with E-state index >= 15 is 4.39 Å². The molecule has 2 amide bonds. The molecule has 5 rings (SSSR count). The number of rotatable bonds is 14. The second-order valence-corrected chi connectivity index (χ2v) is 16.1. The minimum Gasteiger partial charge on any atom is -0.493 e. The number of hydrogen-bond donors (Lipinski definition) is 1. The lowest BCUT2D eigenvalue weighted by molar-refractivity contribution is 0.00113. The molecule has 0 atom stereocenters. The predicted octanol–water partition coefficient (Wildman–Crippen LogP) is 10.7. The van der Waals surface area contributed by atoms with Crippen molar-refractivity contribution in [3.63, 3.8) is 0 Å². The zero-order valence-corrected chi connectivity index (χ0v) is 35.1. The van der Waals surface area contributed by atoms with E-state index in [-0.39, 0.29) is 19.7 Å². The van der Waals surface area contributed by atoms with E-state index < -0.39 is 35.2 Å². The molecule has 2 heterocycles. The number of alkyl halides is 1. The lowest BCUT2D eigenvalue weighted by atomic mass is 9.98. The number of amides is 2. The molecule has 0 bridgehead atoms. The maximum Gasteiger partial charge on any atom is 0.419 e. The highest BCUT2D eigenvalue weighted by atomic mass is 79.9. The van der Waals surface area contributed by atoms with E-state index in [4.69, 9.17) is 18.9 Å². The van der Waals surface area contributed by atoms with E-state index in [0.717, 1.165) is 21.4 Å². The van der Waals surface area contributed by atoms with Crippen LogP contribution in [-0.2, 0) is 32.5 Å². The Balaban J connectivity index is 1.53. The first-order chi connectivity index (χ1) is 26.5. The van der Waals surface area contributed by atoms with Crippen LogP contribution in [0.25, 0.3) is 32.8 Å². The molecule has 56 heavy (non-hydrogen) atoms. The first-order valence-corrected chi connectivity index (χ1v) is 20.1. The molecule has 0 fully saturated rings. The van der Waals surface area contributed by atoms with Gasteiger partial charge in [0.2, 0.25) is 0 Å². The summed E-state index contributed by atoms with van der Waals surface area (Å²) in [6.07, 6.45) is 0.0822. The molecule has 11 nitrogen and oxygen atoms in total. The van der Waals surface area contributed by atoms with Gasteiger partial charge in [-0.15, -0.1) is 0 Å². The smallest absolute Gasteiger partial charge is 0.419 e. The maximum atomic E-state index is 16.3. The van der Waals surface area contributed by atoms with Crippen molar-refractivity contribution in [1.29, 1.82) is 0 Å². The number of unbranched alkanes of at least 4 members (excludes halogenated alkanes) is 1. The minimum absolute atomic E-state index is 0.00801. The fourth-order valence-corrected chi connectivity index (χ4v) is 7.14. The Morgan fingerprint density at radius 1 is 0.875 bits per heavy atom. The van der Waals surface area contributed by atoms with Crippen LogP contribution in [0.15, 0.2) is 54.6 Å². The molecule has 0 aliphatic rings. The Morgan fingerprint density at radius 3 is 2.21 bits per heavy atom. The first kappa shape index (κ1) is 42.2. The first-order valence-electron chi connectivity index (χ1n) is 19.0. The van der Waals surface area contributed by atoms with E-state index in [1.807, 2.05) is 54.0 Å². The summed E-state index contributed by atoms with van der Waals surface area (Å²) in [7, 11) is 0. The second kappa shape index (κ2) is 17.9. The maximum absolute atomic E-state index is 16.3. The summed E-state index contributed by atoms with van der Waals surface area (Å²) < 4.78 is 41.1. The van der Waals surface area contributed by atoms with Crippen LogP contribution in [0.1, 0.15) is 95.2 Å². The van der Waals surface area contributed by atoms with Crippen molar-refractivity contribution in [3.05, 3.63) is 83.1 Å². The molecule has 5 aromatic rings. The SMILES string of the molecule is CCOC(=O)c1c(CCCOc2cccc3ccccc23)c2ccc(F)c(-c3c(CBr)n[nH]c3C)c2n1CCCCN(C(=O)OC(C)(C)C)C(=O)OC(C)(C)C.